The van der Waals surface area contributed by atoms with Crippen molar-refractivity contribution in [3.8, 4) is 0 Å². The Morgan fingerprint density at radius 2 is 2.14 bits per heavy atom. The summed E-state index contributed by atoms with van der Waals surface area (Å²) in [4.78, 5) is 3.45. The van der Waals surface area contributed by atoms with Crippen molar-refractivity contribution < 1.29 is 5.11 Å². The number of hydrogen-bond donors (Lipinski definition) is 1. The zero-order chi connectivity index (χ0) is 10.7. The fourth-order valence-electron chi connectivity index (χ4n) is 1.63. The molecule has 1 N–H and O–H groups in total. The van der Waals surface area contributed by atoms with Crippen LogP contribution in [0.3, 0.4) is 0 Å². The molecule has 1 aromatic rings. The summed E-state index contributed by atoms with van der Waals surface area (Å²) in [5.74, 6) is 0.260. The van der Waals surface area contributed by atoms with Crippen LogP contribution in [0.1, 0.15) is 17.8 Å². The van der Waals surface area contributed by atoms with Gasteiger partial charge >= 0.3 is 0 Å². The van der Waals surface area contributed by atoms with Crippen LogP contribution in [0.25, 0.3) is 0 Å². The van der Waals surface area contributed by atoms with E-state index in [1.54, 1.807) is 11.3 Å². The third-order valence-corrected chi connectivity index (χ3v) is 3.96. The number of aliphatic hydroxyl groups excluding tert-OH is 1. The molecule has 1 aromatic heterocycles. The Morgan fingerprint density at radius 1 is 1.50 bits per heavy atom. The molecule has 0 aromatic carbocycles. The third kappa shape index (κ3) is 2.79. The van der Waals surface area contributed by atoms with Crippen LogP contribution in [0.15, 0.2) is 15.9 Å². The van der Waals surface area contributed by atoms with Gasteiger partial charge in [-0.05, 0) is 48.1 Å². The average Bonchev–Trinajstić information content (AvgIpc) is 2.51. The zero-order valence-electron chi connectivity index (χ0n) is 8.70. The van der Waals surface area contributed by atoms with Gasteiger partial charge in [0.05, 0.1) is 3.79 Å². The van der Waals surface area contributed by atoms with E-state index >= 15 is 0 Å². The molecule has 1 heterocycles. The Kier molecular flexibility index (Phi) is 4.57. The first-order valence-electron chi connectivity index (χ1n) is 4.58. The summed E-state index contributed by atoms with van der Waals surface area (Å²) in [6.07, 6.45) is 0. The fourth-order valence-corrected chi connectivity index (χ4v) is 3.39. The van der Waals surface area contributed by atoms with Crippen molar-refractivity contribution in [1.82, 2.24) is 4.90 Å². The van der Waals surface area contributed by atoms with E-state index in [2.05, 4.69) is 39.9 Å². The van der Waals surface area contributed by atoms with Crippen LogP contribution in [0.5, 0.6) is 0 Å². The lowest BCUT2D eigenvalue weighted by Gasteiger charge is -2.27. The summed E-state index contributed by atoms with van der Waals surface area (Å²) >= 11 is 5.19. The number of thiophene rings is 1. The molecule has 0 radical (unpaired) electrons. The van der Waals surface area contributed by atoms with Gasteiger partial charge in [-0.3, -0.25) is 0 Å². The number of hydrogen-bond acceptors (Lipinski definition) is 3. The molecule has 1 rings (SSSR count). The van der Waals surface area contributed by atoms with E-state index in [-0.39, 0.29) is 12.5 Å². The molecule has 0 spiro atoms. The first kappa shape index (κ1) is 12.2. The van der Waals surface area contributed by atoms with Gasteiger partial charge in [0, 0.05) is 17.5 Å². The topological polar surface area (TPSA) is 23.5 Å². The minimum absolute atomic E-state index is 0.221. The Bertz CT molecular complexity index is 287. The molecule has 0 aliphatic carbocycles. The smallest absolute Gasteiger partial charge is 0.0701 e. The van der Waals surface area contributed by atoms with Gasteiger partial charge in [0.25, 0.3) is 0 Å². The third-order valence-electron chi connectivity index (χ3n) is 2.27. The molecular formula is C10H16BrNOS. The molecule has 0 bridgehead atoms. The Balaban J connectivity index is 2.88. The quantitative estimate of drug-likeness (QED) is 0.915. The number of nitrogens with zero attached hydrogens (tertiary/aromatic N) is 1. The van der Waals surface area contributed by atoms with Crippen LogP contribution < -0.4 is 0 Å². The summed E-state index contributed by atoms with van der Waals surface area (Å²) in [7, 11) is 4.09. The largest absolute Gasteiger partial charge is 0.396 e. The molecule has 2 unspecified atom stereocenters. The van der Waals surface area contributed by atoms with E-state index in [4.69, 9.17) is 0 Å². The van der Waals surface area contributed by atoms with Crippen molar-refractivity contribution in [1.29, 1.82) is 0 Å². The summed E-state index contributed by atoms with van der Waals surface area (Å²) < 4.78 is 1.14. The lowest BCUT2D eigenvalue weighted by Crippen LogP contribution is -2.27. The van der Waals surface area contributed by atoms with Crippen molar-refractivity contribution >= 4 is 27.3 Å². The SMILES string of the molecule is CC(CO)C(c1ccc(Br)s1)N(C)C. The van der Waals surface area contributed by atoms with Crippen molar-refractivity contribution in [3.05, 3.63) is 20.8 Å². The zero-order valence-corrected chi connectivity index (χ0v) is 11.1. The van der Waals surface area contributed by atoms with Gasteiger partial charge in [-0.2, -0.15) is 0 Å². The second-order valence-corrected chi connectivity index (χ2v) is 6.20. The van der Waals surface area contributed by atoms with Crippen LogP contribution in [0.4, 0.5) is 0 Å². The van der Waals surface area contributed by atoms with Crippen LogP contribution in [-0.4, -0.2) is 30.7 Å². The van der Waals surface area contributed by atoms with Gasteiger partial charge in [0.15, 0.2) is 0 Å². The molecular weight excluding hydrogens is 262 g/mol. The predicted octanol–water partition coefficient (Wildman–Crippen LogP) is 2.74. The molecule has 14 heavy (non-hydrogen) atoms. The molecule has 2 nitrogen and oxygen atoms in total. The van der Waals surface area contributed by atoms with E-state index in [9.17, 15) is 5.11 Å². The minimum atomic E-state index is 0.221. The first-order valence-corrected chi connectivity index (χ1v) is 6.19. The molecule has 80 valence electrons. The standard InChI is InChI=1S/C10H16BrNOS/c1-7(6-13)10(12(2)3)8-4-5-9(11)14-8/h4-5,7,10,13H,6H2,1-3H3. The van der Waals surface area contributed by atoms with E-state index < -0.39 is 0 Å². The van der Waals surface area contributed by atoms with Crippen LogP contribution >= 0.6 is 27.3 Å². The number of halogens is 1. The van der Waals surface area contributed by atoms with Crippen molar-refractivity contribution in [2.24, 2.45) is 5.92 Å². The molecule has 0 fully saturated rings. The average molecular weight is 278 g/mol. The van der Waals surface area contributed by atoms with Gasteiger partial charge in [-0.1, -0.05) is 6.92 Å². The van der Waals surface area contributed by atoms with Crippen LogP contribution in [0, 0.1) is 5.92 Å². The van der Waals surface area contributed by atoms with E-state index in [1.807, 2.05) is 14.1 Å². The number of rotatable bonds is 4. The monoisotopic (exact) mass is 277 g/mol. The summed E-state index contributed by atoms with van der Waals surface area (Å²) in [6, 6.07) is 4.47. The van der Waals surface area contributed by atoms with Gasteiger partial charge in [-0.15, -0.1) is 11.3 Å². The maximum atomic E-state index is 9.19. The Hall–Kier alpha value is 0.1000. The maximum absolute atomic E-state index is 9.19. The second-order valence-electron chi connectivity index (χ2n) is 3.71. The second kappa shape index (κ2) is 5.26. The van der Waals surface area contributed by atoms with Crippen molar-refractivity contribution in [2.75, 3.05) is 20.7 Å². The van der Waals surface area contributed by atoms with Gasteiger partial charge in [0.2, 0.25) is 0 Å². The first-order chi connectivity index (χ1) is 6.56. The molecule has 0 aliphatic heterocycles. The summed E-state index contributed by atoms with van der Waals surface area (Å²) in [5, 5.41) is 9.19. The van der Waals surface area contributed by atoms with Crippen LogP contribution in [0.2, 0.25) is 0 Å². The predicted molar refractivity (Wildman–Crippen MR) is 64.7 cm³/mol. The Labute approximate surface area is 97.7 Å². The molecule has 2 atom stereocenters. The van der Waals surface area contributed by atoms with Gasteiger partial charge in [0.1, 0.15) is 0 Å². The highest BCUT2D eigenvalue weighted by Crippen LogP contribution is 2.33. The molecule has 4 heteroatoms. The molecule has 0 amide bonds. The summed E-state index contributed by atoms with van der Waals surface area (Å²) in [5.41, 5.74) is 0. The highest BCUT2D eigenvalue weighted by molar-refractivity contribution is 9.11. The van der Waals surface area contributed by atoms with Gasteiger partial charge < -0.3 is 10.0 Å². The summed E-state index contributed by atoms with van der Waals surface area (Å²) in [6.45, 7) is 2.29. The lowest BCUT2D eigenvalue weighted by atomic mass is 10.0. The normalized spacial score (nSPS) is 15.9. The van der Waals surface area contributed by atoms with Crippen molar-refractivity contribution in [2.45, 2.75) is 13.0 Å². The van der Waals surface area contributed by atoms with E-state index in [0.717, 1.165) is 3.79 Å². The van der Waals surface area contributed by atoms with E-state index in [0.29, 0.717) is 6.04 Å². The molecule has 0 saturated carbocycles. The fraction of sp³-hybridized carbons (Fsp3) is 0.600. The van der Waals surface area contributed by atoms with Crippen LogP contribution in [-0.2, 0) is 0 Å². The lowest BCUT2D eigenvalue weighted by molar-refractivity contribution is 0.148. The highest BCUT2D eigenvalue weighted by atomic mass is 79.9. The molecule has 0 saturated heterocycles. The Morgan fingerprint density at radius 3 is 2.50 bits per heavy atom. The van der Waals surface area contributed by atoms with Gasteiger partial charge in [-0.25, -0.2) is 0 Å². The van der Waals surface area contributed by atoms with Crippen molar-refractivity contribution in [3.63, 3.8) is 0 Å². The number of aliphatic hydroxyl groups is 1. The van der Waals surface area contributed by atoms with E-state index in [1.165, 1.54) is 4.88 Å². The molecule has 0 aliphatic rings. The highest BCUT2D eigenvalue weighted by Gasteiger charge is 2.22. The maximum Gasteiger partial charge on any atom is 0.0701 e. The minimum Gasteiger partial charge on any atom is -0.396 e.